The molecule has 19 heavy (non-hydrogen) atoms. The third-order valence-electron chi connectivity index (χ3n) is 3.31. The van der Waals surface area contributed by atoms with Gasteiger partial charge in [-0.1, -0.05) is 13.8 Å². The van der Waals surface area contributed by atoms with Crippen molar-refractivity contribution >= 4 is 11.9 Å². The average Bonchev–Trinajstić information content (AvgIpc) is 2.45. The number of hydrogen-bond acceptors (Lipinski definition) is 3. The normalized spacial score (nSPS) is 16.3. The van der Waals surface area contributed by atoms with Crippen LogP contribution in [0, 0.1) is 5.41 Å². The minimum absolute atomic E-state index is 0.418. The molecule has 0 spiro atoms. The smallest absolute Gasteiger partial charge is 0.222 e. The first-order chi connectivity index (χ1) is 9.22. The summed E-state index contributed by atoms with van der Waals surface area (Å²) in [5.74, 6) is 6.51. The zero-order valence-corrected chi connectivity index (χ0v) is 12.3. The highest BCUT2D eigenvalue weighted by molar-refractivity contribution is 5.97. The summed E-state index contributed by atoms with van der Waals surface area (Å²) in [6.45, 7) is 7.98. The van der Waals surface area contributed by atoms with Gasteiger partial charge in [-0.3, -0.25) is 10.7 Å². The number of piperidine rings is 1. The summed E-state index contributed by atoms with van der Waals surface area (Å²) in [6, 6.07) is 0. The molecule has 0 aromatic rings. The number of hydrogen-bond donors (Lipinski definition) is 3. The molecule has 1 saturated heterocycles. The van der Waals surface area contributed by atoms with Crippen molar-refractivity contribution in [2.24, 2.45) is 10.9 Å². The molecule has 0 amide bonds. The minimum Gasteiger partial charge on any atom is -0.343 e. The van der Waals surface area contributed by atoms with Crippen LogP contribution in [0.2, 0.25) is 0 Å². The van der Waals surface area contributed by atoms with Gasteiger partial charge >= 0.3 is 0 Å². The molecule has 0 aliphatic carbocycles. The van der Waals surface area contributed by atoms with Gasteiger partial charge in [0.25, 0.3) is 0 Å². The van der Waals surface area contributed by atoms with E-state index in [-0.39, 0.29) is 0 Å². The van der Waals surface area contributed by atoms with Gasteiger partial charge in [-0.25, -0.2) is 0 Å². The highest BCUT2D eigenvalue weighted by Crippen LogP contribution is 2.08. The van der Waals surface area contributed by atoms with Crippen molar-refractivity contribution in [2.45, 2.75) is 46.0 Å². The van der Waals surface area contributed by atoms with Crippen molar-refractivity contribution < 1.29 is 0 Å². The second-order valence-electron chi connectivity index (χ2n) is 4.96. The Kier molecular flexibility index (Phi) is 7.07. The number of guanidine groups is 2. The summed E-state index contributed by atoms with van der Waals surface area (Å²) in [7, 11) is 0. The molecule has 1 aliphatic rings. The van der Waals surface area contributed by atoms with Crippen LogP contribution < -0.4 is 11.2 Å². The van der Waals surface area contributed by atoms with E-state index in [0.29, 0.717) is 11.9 Å². The van der Waals surface area contributed by atoms with Crippen LogP contribution in [0.3, 0.4) is 0 Å². The number of nitrogens with two attached hydrogens (primary N) is 1. The maximum absolute atomic E-state index is 8.13. The lowest BCUT2D eigenvalue weighted by atomic mass is 10.1. The fraction of sp³-hybridized carbons (Fsp3) is 0.846. The molecular weight excluding hydrogens is 240 g/mol. The van der Waals surface area contributed by atoms with Gasteiger partial charge in [0.1, 0.15) is 0 Å². The topological polar surface area (TPSA) is 80.7 Å². The molecule has 1 rings (SSSR count). The van der Waals surface area contributed by atoms with Gasteiger partial charge in [0.15, 0.2) is 5.96 Å². The summed E-state index contributed by atoms with van der Waals surface area (Å²) in [5.41, 5.74) is 0. The van der Waals surface area contributed by atoms with Crippen molar-refractivity contribution in [1.82, 2.24) is 15.1 Å². The largest absolute Gasteiger partial charge is 0.343 e. The summed E-state index contributed by atoms with van der Waals surface area (Å²) in [4.78, 5) is 4.17. The first-order valence-electron chi connectivity index (χ1n) is 7.36. The van der Waals surface area contributed by atoms with Crippen LogP contribution >= 0.6 is 0 Å². The summed E-state index contributed by atoms with van der Waals surface area (Å²) in [6.07, 6.45) is 5.66. The SMILES string of the molecule is CCCN(CCC)C(=NN)NC(=N)N1CCCCC1. The maximum Gasteiger partial charge on any atom is 0.222 e. The third kappa shape index (κ3) is 4.96. The van der Waals surface area contributed by atoms with Crippen molar-refractivity contribution in [3.63, 3.8) is 0 Å². The molecule has 0 aromatic heterocycles. The molecule has 0 atom stereocenters. The van der Waals surface area contributed by atoms with Crippen molar-refractivity contribution in [3.05, 3.63) is 0 Å². The van der Waals surface area contributed by atoms with Gasteiger partial charge in [0, 0.05) is 26.2 Å². The van der Waals surface area contributed by atoms with E-state index in [2.05, 4.69) is 34.1 Å². The van der Waals surface area contributed by atoms with Crippen LogP contribution in [-0.4, -0.2) is 47.9 Å². The Bertz CT molecular complexity index is 290. The van der Waals surface area contributed by atoms with Crippen molar-refractivity contribution in [2.75, 3.05) is 26.2 Å². The number of likely N-dealkylation sites (tertiary alicyclic amines) is 1. The van der Waals surface area contributed by atoms with E-state index in [1.807, 2.05) is 0 Å². The van der Waals surface area contributed by atoms with Crippen LogP contribution in [0.1, 0.15) is 46.0 Å². The Labute approximate surface area is 116 Å². The van der Waals surface area contributed by atoms with Gasteiger partial charge in [0.2, 0.25) is 5.96 Å². The fourth-order valence-electron chi connectivity index (χ4n) is 2.36. The van der Waals surface area contributed by atoms with E-state index < -0.39 is 0 Å². The van der Waals surface area contributed by atoms with E-state index >= 15 is 0 Å². The maximum atomic E-state index is 8.13. The van der Waals surface area contributed by atoms with E-state index in [0.717, 1.165) is 51.9 Å². The Morgan fingerprint density at radius 1 is 1.21 bits per heavy atom. The average molecular weight is 268 g/mol. The predicted molar refractivity (Wildman–Crippen MR) is 80.1 cm³/mol. The molecule has 6 nitrogen and oxygen atoms in total. The molecule has 0 radical (unpaired) electrons. The standard InChI is InChI=1S/C13H28N6/c1-3-8-19(9-4-2)13(17-15)16-12(14)18-10-6-5-7-11-18/h3-11,15H2,1-2H3,(H2,14,16,17). The molecule has 0 bridgehead atoms. The lowest BCUT2D eigenvalue weighted by molar-refractivity contribution is 0.331. The number of nitrogens with zero attached hydrogens (tertiary/aromatic N) is 3. The van der Waals surface area contributed by atoms with Gasteiger partial charge in [-0.05, 0) is 32.1 Å². The molecule has 0 saturated carbocycles. The monoisotopic (exact) mass is 268 g/mol. The fourth-order valence-corrected chi connectivity index (χ4v) is 2.36. The number of nitrogens with one attached hydrogen (secondary N) is 2. The lowest BCUT2D eigenvalue weighted by Gasteiger charge is -2.31. The highest BCUT2D eigenvalue weighted by atomic mass is 15.4. The van der Waals surface area contributed by atoms with Crippen molar-refractivity contribution in [3.8, 4) is 0 Å². The van der Waals surface area contributed by atoms with Crippen LogP contribution in [0.25, 0.3) is 0 Å². The zero-order valence-electron chi connectivity index (χ0n) is 12.3. The quantitative estimate of drug-likeness (QED) is 0.311. The summed E-state index contributed by atoms with van der Waals surface area (Å²) < 4.78 is 0. The van der Waals surface area contributed by atoms with E-state index in [4.69, 9.17) is 11.3 Å². The van der Waals surface area contributed by atoms with Gasteiger partial charge in [-0.15, -0.1) is 5.10 Å². The molecule has 0 aromatic carbocycles. The summed E-state index contributed by atoms with van der Waals surface area (Å²) >= 11 is 0. The third-order valence-corrected chi connectivity index (χ3v) is 3.31. The Morgan fingerprint density at radius 2 is 1.79 bits per heavy atom. The second-order valence-corrected chi connectivity index (χ2v) is 4.96. The molecule has 6 heteroatoms. The molecule has 0 unspecified atom stereocenters. The Balaban J connectivity index is 2.56. The van der Waals surface area contributed by atoms with Gasteiger partial charge in [0.05, 0.1) is 0 Å². The molecule has 110 valence electrons. The molecular formula is C13H28N6. The number of rotatable bonds is 4. The van der Waals surface area contributed by atoms with Crippen LogP contribution in [0.4, 0.5) is 0 Å². The Morgan fingerprint density at radius 3 is 2.26 bits per heavy atom. The molecule has 1 aliphatic heterocycles. The predicted octanol–water partition coefficient (Wildman–Crippen LogP) is 1.35. The second kappa shape index (κ2) is 8.61. The lowest BCUT2D eigenvalue weighted by Crippen LogP contribution is -2.51. The summed E-state index contributed by atoms with van der Waals surface area (Å²) in [5, 5.41) is 15.0. The van der Waals surface area contributed by atoms with Crippen LogP contribution in [0.5, 0.6) is 0 Å². The van der Waals surface area contributed by atoms with Crippen LogP contribution in [0.15, 0.2) is 5.10 Å². The van der Waals surface area contributed by atoms with Crippen molar-refractivity contribution in [1.29, 1.82) is 5.41 Å². The van der Waals surface area contributed by atoms with E-state index in [1.54, 1.807) is 0 Å². The molecule has 1 heterocycles. The van der Waals surface area contributed by atoms with Gasteiger partial charge < -0.3 is 15.6 Å². The van der Waals surface area contributed by atoms with E-state index in [1.165, 1.54) is 6.42 Å². The van der Waals surface area contributed by atoms with Gasteiger partial charge in [-0.2, -0.15) is 0 Å². The molecule has 4 N–H and O–H groups in total. The van der Waals surface area contributed by atoms with Crippen LogP contribution in [-0.2, 0) is 0 Å². The highest BCUT2D eigenvalue weighted by Gasteiger charge is 2.17. The first-order valence-corrected chi connectivity index (χ1v) is 7.36. The Hall–Kier alpha value is -1.46. The van der Waals surface area contributed by atoms with E-state index in [9.17, 15) is 0 Å². The molecule has 1 fully saturated rings. The first kappa shape index (κ1) is 15.6. The minimum atomic E-state index is 0.418. The number of hydrazone groups is 1. The zero-order chi connectivity index (χ0) is 14.1.